The molecule has 5 rings (SSSR count). The Hall–Kier alpha value is -3.72. The van der Waals surface area contributed by atoms with Gasteiger partial charge in [-0.1, -0.05) is 57.0 Å². The Bertz CT molecular complexity index is 1380. The fourth-order valence-electron chi connectivity index (χ4n) is 6.25. The number of rotatable bonds is 12. The van der Waals surface area contributed by atoms with Crippen LogP contribution in [0.5, 0.6) is 0 Å². The number of carbonyl (C=O) groups is 2. The number of para-hydroxylation sites is 1. The number of fused-ring (bicyclic) bond motifs is 4. The van der Waals surface area contributed by atoms with Crippen LogP contribution in [0.3, 0.4) is 0 Å². The van der Waals surface area contributed by atoms with Gasteiger partial charge in [-0.3, -0.25) is 19.7 Å². The summed E-state index contributed by atoms with van der Waals surface area (Å²) in [5.41, 5.74) is 3.35. The molecule has 0 bridgehead atoms. The van der Waals surface area contributed by atoms with E-state index in [2.05, 4.69) is 23.7 Å². The molecular weight excluding hydrogens is 506 g/mol. The standard InChI is InChI=1S/C31H39N5O4/c1-3-5-15-33(16-6-4-2)17-10-18-34-21-28(37)35-27(31(34)38)20-25-24-13-7-8-14-26(24)32-29(25)30(35)22-11-9-12-23(19-22)36(39)40/h7-9,11-14,19,27,30,32H,3-6,10,15-18,20-21H2,1-2H3/t27-,30?/m1/s1. The molecule has 2 amide bonds. The second kappa shape index (κ2) is 12.2. The Morgan fingerprint density at radius 3 is 2.45 bits per heavy atom. The number of nitrogens with one attached hydrogen (secondary N) is 1. The van der Waals surface area contributed by atoms with Crippen LogP contribution in [0.1, 0.15) is 68.8 Å². The lowest BCUT2D eigenvalue weighted by atomic mass is 9.86. The zero-order chi connectivity index (χ0) is 28.2. The van der Waals surface area contributed by atoms with Crippen LogP contribution in [0, 0.1) is 10.1 Å². The highest BCUT2D eigenvalue weighted by Crippen LogP contribution is 2.43. The number of aromatic nitrogens is 1. The third-order valence-electron chi connectivity index (χ3n) is 8.30. The summed E-state index contributed by atoms with van der Waals surface area (Å²) in [6.07, 6.45) is 5.88. The highest BCUT2D eigenvalue weighted by molar-refractivity contribution is 5.97. The van der Waals surface area contributed by atoms with E-state index < -0.39 is 17.0 Å². The molecule has 9 heteroatoms. The molecule has 2 aromatic carbocycles. The highest BCUT2D eigenvalue weighted by Gasteiger charge is 2.48. The summed E-state index contributed by atoms with van der Waals surface area (Å²) in [6.45, 7) is 8.02. The first-order chi connectivity index (χ1) is 19.4. The van der Waals surface area contributed by atoms with Gasteiger partial charge in [-0.25, -0.2) is 0 Å². The van der Waals surface area contributed by atoms with Crippen LogP contribution in [-0.4, -0.2) is 75.2 Å². The first-order valence-corrected chi connectivity index (χ1v) is 14.6. The first-order valence-electron chi connectivity index (χ1n) is 14.6. The van der Waals surface area contributed by atoms with E-state index in [4.69, 9.17) is 0 Å². The molecule has 212 valence electrons. The van der Waals surface area contributed by atoms with Gasteiger partial charge in [0.05, 0.1) is 17.5 Å². The van der Waals surface area contributed by atoms with E-state index in [9.17, 15) is 19.7 Å². The molecule has 3 heterocycles. The number of nitro groups is 1. The molecule has 40 heavy (non-hydrogen) atoms. The number of amides is 2. The van der Waals surface area contributed by atoms with Crippen molar-refractivity contribution in [2.75, 3.05) is 32.7 Å². The molecule has 1 N–H and O–H groups in total. The van der Waals surface area contributed by atoms with Gasteiger partial charge < -0.3 is 19.7 Å². The van der Waals surface area contributed by atoms with Crippen LogP contribution >= 0.6 is 0 Å². The summed E-state index contributed by atoms with van der Waals surface area (Å²) in [5, 5.41) is 12.6. The topological polar surface area (TPSA) is 103 Å². The molecule has 0 aliphatic carbocycles. The summed E-state index contributed by atoms with van der Waals surface area (Å²) in [7, 11) is 0. The maximum absolute atomic E-state index is 13.9. The average molecular weight is 546 g/mol. The minimum absolute atomic E-state index is 0.0280. The summed E-state index contributed by atoms with van der Waals surface area (Å²) in [5.74, 6) is -0.168. The molecular formula is C31H39N5O4. The molecule has 1 fully saturated rings. The Balaban J connectivity index is 1.43. The number of nitro benzene ring substituents is 1. The quantitative estimate of drug-likeness (QED) is 0.253. The number of piperazine rings is 1. The Kier molecular flexibility index (Phi) is 8.49. The van der Waals surface area contributed by atoms with Crippen molar-refractivity contribution in [3.05, 3.63) is 75.5 Å². The number of non-ortho nitro benzene ring substituents is 1. The van der Waals surface area contributed by atoms with Crippen molar-refractivity contribution >= 4 is 28.4 Å². The molecule has 9 nitrogen and oxygen atoms in total. The summed E-state index contributed by atoms with van der Waals surface area (Å²) >= 11 is 0. The largest absolute Gasteiger partial charge is 0.356 e. The van der Waals surface area contributed by atoms with Crippen LogP contribution in [0.4, 0.5) is 5.69 Å². The first kappa shape index (κ1) is 27.8. The van der Waals surface area contributed by atoms with Crippen molar-refractivity contribution in [1.82, 2.24) is 19.7 Å². The lowest BCUT2D eigenvalue weighted by molar-refractivity contribution is -0.384. The van der Waals surface area contributed by atoms with Gasteiger partial charge in [-0.15, -0.1) is 0 Å². The summed E-state index contributed by atoms with van der Waals surface area (Å²) < 4.78 is 0. The van der Waals surface area contributed by atoms with E-state index in [-0.39, 0.29) is 24.0 Å². The second-order valence-electron chi connectivity index (χ2n) is 11.0. The van der Waals surface area contributed by atoms with Crippen molar-refractivity contribution < 1.29 is 14.5 Å². The fraction of sp³-hybridized carbons (Fsp3) is 0.484. The third-order valence-corrected chi connectivity index (χ3v) is 8.30. The van der Waals surface area contributed by atoms with E-state index in [1.54, 1.807) is 21.9 Å². The molecule has 3 aromatic rings. The van der Waals surface area contributed by atoms with Gasteiger partial charge in [0.25, 0.3) is 5.69 Å². The van der Waals surface area contributed by atoms with Gasteiger partial charge in [-0.2, -0.15) is 0 Å². The zero-order valence-electron chi connectivity index (χ0n) is 23.5. The lowest BCUT2D eigenvalue weighted by Gasteiger charge is -2.47. The third kappa shape index (κ3) is 5.47. The normalized spacial score (nSPS) is 18.9. The molecule has 2 aliphatic rings. The zero-order valence-corrected chi connectivity index (χ0v) is 23.5. The molecule has 2 atom stereocenters. The molecule has 0 spiro atoms. The van der Waals surface area contributed by atoms with E-state index in [0.717, 1.165) is 73.9 Å². The Labute approximate surface area is 235 Å². The number of nitrogens with zero attached hydrogens (tertiary/aromatic N) is 4. The highest BCUT2D eigenvalue weighted by atomic mass is 16.6. The van der Waals surface area contributed by atoms with E-state index >= 15 is 0 Å². The predicted molar refractivity (Wildman–Crippen MR) is 155 cm³/mol. The predicted octanol–water partition coefficient (Wildman–Crippen LogP) is 5.05. The van der Waals surface area contributed by atoms with Crippen molar-refractivity contribution in [3.63, 3.8) is 0 Å². The maximum Gasteiger partial charge on any atom is 0.269 e. The Morgan fingerprint density at radius 1 is 1.00 bits per heavy atom. The second-order valence-corrected chi connectivity index (χ2v) is 11.0. The van der Waals surface area contributed by atoms with Crippen LogP contribution in [-0.2, 0) is 16.0 Å². The number of unbranched alkanes of at least 4 members (excludes halogenated alkanes) is 2. The smallest absolute Gasteiger partial charge is 0.269 e. The van der Waals surface area contributed by atoms with Crippen molar-refractivity contribution in [2.45, 2.75) is 64.5 Å². The average Bonchev–Trinajstić information content (AvgIpc) is 3.34. The lowest BCUT2D eigenvalue weighted by Crippen LogP contribution is -2.63. The monoisotopic (exact) mass is 545 g/mol. The maximum atomic E-state index is 13.9. The molecule has 1 saturated heterocycles. The van der Waals surface area contributed by atoms with Gasteiger partial charge in [0, 0.05) is 41.7 Å². The van der Waals surface area contributed by atoms with Gasteiger partial charge in [-0.05, 0) is 56.1 Å². The number of benzene rings is 2. The van der Waals surface area contributed by atoms with Gasteiger partial charge >= 0.3 is 0 Å². The van der Waals surface area contributed by atoms with Gasteiger partial charge in [0.2, 0.25) is 11.8 Å². The SMILES string of the molecule is CCCCN(CCCC)CCCN1CC(=O)N2C(c3cccc([N+](=O)[O-])c3)c3[nH]c4ccccc4c3C[C@@H]2C1=O. The fourth-order valence-corrected chi connectivity index (χ4v) is 6.25. The molecule has 1 unspecified atom stereocenters. The number of hydrogen-bond acceptors (Lipinski definition) is 5. The number of hydrogen-bond donors (Lipinski definition) is 1. The molecule has 2 aliphatic heterocycles. The van der Waals surface area contributed by atoms with E-state index in [0.29, 0.717) is 18.5 Å². The molecule has 1 aromatic heterocycles. The molecule has 0 radical (unpaired) electrons. The van der Waals surface area contributed by atoms with Crippen LogP contribution in [0.15, 0.2) is 48.5 Å². The van der Waals surface area contributed by atoms with Crippen LogP contribution in [0.2, 0.25) is 0 Å². The van der Waals surface area contributed by atoms with Crippen LogP contribution < -0.4 is 0 Å². The van der Waals surface area contributed by atoms with Crippen molar-refractivity contribution in [3.8, 4) is 0 Å². The minimum Gasteiger partial charge on any atom is -0.356 e. The number of carbonyl (C=O) groups excluding carboxylic acids is 2. The molecule has 0 saturated carbocycles. The minimum atomic E-state index is -0.645. The number of H-pyrrole nitrogens is 1. The Morgan fingerprint density at radius 2 is 1.73 bits per heavy atom. The summed E-state index contributed by atoms with van der Waals surface area (Å²) in [4.78, 5) is 48.2. The van der Waals surface area contributed by atoms with E-state index in [1.807, 2.05) is 24.3 Å². The van der Waals surface area contributed by atoms with Crippen molar-refractivity contribution in [2.24, 2.45) is 0 Å². The van der Waals surface area contributed by atoms with Crippen molar-refractivity contribution in [1.29, 1.82) is 0 Å². The van der Waals surface area contributed by atoms with Gasteiger partial charge in [0.15, 0.2) is 0 Å². The van der Waals surface area contributed by atoms with Crippen LogP contribution in [0.25, 0.3) is 10.9 Å². The number of aromatic amines is 1. The van der Waals surface area contributed by atoms with Gasteiger partial charge in [0.1, 0.15) is 6.04 Å². The van der Waals surface area contributed by atoms with E-state index in [1.165, 1.54) is 12.1 Å². The summed E-state index contributed by atoms with van der Waals surface area (Å²) in [6, 6.07) is 13.1.